The molecule has 0 atom stereocenters. The third kappa shape index (κ3) is 3.79. The van der Waals surface area contributed by atoms with Crippen molar-refractivity contribution >= 4 is 11.9 Å². The highest BCUT2D eigenvalue weighted by atomic mass is 19.1. The first kappa shape index (κ1) is 17.2. The Morgan fingerprint density at radius 2 is 2.09 bits per heavy atom. The number of aliphatic carboxylic acids is 1. The highest BCUT2D eigenvalue weighted by Gasteiger charge is 2.40. The Kier molecular flexibility index (Phi) is 5.54. The number of carboxylic acid groups (broad SMARTS) is 1. The zero-order chi connectivity index (χ0) is 16.9. The minimum Gasteiger partial charge on any atom is -0.490 e. The highest BCUT2D eigenvalue weighted by molar-refractivity contribution is 5.97. The molecule has 2 rings (SSSR count). The second-order valence-electron chi connectivity index (χ2n) is 5.43. The number of hydrogen-bond acceptors (Lipinski definition) is 4. The van der Waals surface area contributed by atoms with Crippen LogP contribution >= 0.6 is 0 Å². The van der Waals surface area contributed by atoms with Crippen molar-refractivity contribution < 1.29 is 28.6 Å². The van der Waals surface area contributed by atoms with E-state index in [9.17, 15) is 19.1 Å². The van der Waals surface area contributed by atoms with Crippen LogP contribution in [0.4, 0.5) is 4.39 Å². The number of benzene rings is 1. The van der Waals surface area contributed by atoms with E-state index in [1.54, 1.807) is 6.92 Å². The van der Waals surface area contributed by atoms with Gasteiger partial charge in [0.25, 0.3) is 5.91 Å². The van der Waals surface area contributed by atoms with Crippen LogP contribution in [-0.2, 0) is 9.53 Å². The molecule has 1 aliphatic heterocycles. The lowest BCUT2D eigenvalue weighted by molar-refractivity contribution is -0.154. The van der Waals surface area contributed by atoms with Gasteiger partial charge < -0.3 is 19.9 Å². The molecule has 0 aliphatic carbocycles. The van der Waals surface area contributed by atoms with Gasteiger partial charge in [0.05, 0.1) is 17.6 Å². The first-order valence-electron chi connectivity index (χ1n) is 7.51. The number of carbonyl (C=O) groups is 2. The largest absolute Gasteiger partial charge is 0.490 e. The Morgan fingerprint density at radius 1 is 1.39 bits per heavy atom. The van der Waals surface area contributed by atoms with E-state index in [0.717, 1.165) is 0 Å². The van der Waals surface area contributed by atoms with Gasteiger partial charge in [-0.3, -0.25) is 9.59 Å². The van der Waals surface area contributed by atoms with E-state index < -0.39 is 23.1 Å². The minimum atomic E-state index is -1.05. The number of rotatable bonds is 6. The number of carboxylic acids is 1. The summed E-state index contributed by atoms with van der Waals surface area (Å²) in [4.78, 5) is 23.9. The third-order valence-corrected chi connectivity index (χ3v) is 3.99. The second-order valence-corrected chi connectivity index (χ2v) is 5.43. The summed E-state index contributed by atoms with van der Waals surface area (Å²) in [5, 5.41) is 12.1. The predicted molar refractivity (Wildman–Crippen MR) is 80.0 cm³/mol. The van der Waals surface area contributed by atoms with E-state index in [0.29, 0.717) is 26.1 Å². The Balaban J connectivity index is 2.13. The van der Waals surface area contributed by atoms with Crippen molar-refractivity contribution in [2.24, 2.45) is 5.41 Å². The average molecular weight is 325 g/mol. The monoisotopic (exact) mass is 325 g/mol. The van der Waals surface area contributed by atoms with E-state index in [1.807, 2.05) is 0 Å². The standard InChI is InChI=1S/C16H20FNO5/c1-2-23-13-11(4-3-5-12(13)17)14(19)18-10-16(15(20)21)6-8-22-9-7-16/h3-5H,2,6-10H2,1H3,(H,18,19)(H,20,21). The summed E-state index contributed by atoms with van der Waals surface area (Å²) in [6.07, 6.45) is 0.647. The molecule has 1 aromatic carbocycles. The van der Waals surface area contributed by atoms with Crippen LogP contribution in [0.1, 0.15) is 30.1 Å². The molecule has 1 amide bonds. The number of hydrogen-bond donors (Lipinski definition) is 2. The van der Waals surface area contributed by atoms with Crippen molar-refractivity contribution in [1.29, 1.82) is 0 Å². The first-order chi connectivity index (χ1) is 11.0. The molecule has 2 N–H and O–H groups in total. The summed E-state index contributed by atoms with van der Waals surface area (Å²) in [7, 11) is 0. The maximum atomic E-state index is 13.8. The number of halogens is 1. The van der Waals surface area contributed by atoms with E-state index >= 15 is 0 Å². The van der Waals surface area contributed by atoms with Crippen LogP contribution in [-0.4, -0.2) is 43.3 Å². The lowest BCUT2D eigenvalue weighted by Gasteiger charge is -2.33. The molecule has 126 valence electrons. The molecule has 0 spiro atoms. The van der Waals surface area contributed by atoms with Crippen LogP contribution in [0.2, 0.25) is 0 Å². The average Bonchev–Trinajstić information content (AvgIpc) is 2.55. The Hall–Kier alpha value is -2.15. The zero-order valence-corrected chi connectivity index (χ0v) is 12.9. The molecule has 1 heterocycles. The topological polar surface area (TPSA) is 84.9 Å². The number of amides is 1. The van der Waals surface area contributed by atoms with Crippen molar-refractivity contribution in [2.45, 2.75) is 19.8 Å². The van der Waals surface area contributed by atoms with Crippen molar-refractivity contribution in [2.75, 3.05) is 26.4 Å². The van der Waals surface area contributed by atoms with Crippen molar-refractivity contribution in [3.63, 3.8) is 0 Å². The molecule has 0 unspecified atom stereocenters. The summed E-state index contributed by atoms with van der Waals surface area (Å²) in [6, 6.07) is 4.06. The highest BCUT2D eigenvalue weighted by Crippen LogP contribution is 2.30. The summed E-state index contributed by atoms with van der Waals surface area (Å²) in [6.45, 7) is 2.55. The van der Waals surface area contributed by atoms with Gasteiger partial charge in [-0.25, -0.2) is 4.39 Å². The molecule has 0 saturated carbocycles. The van der Waals surface area contributed by atoms with Crippen LogP contribution in [0, 0.1) is 11.2 Å². The maximum absolute atomic E-state index is 13.8. The van der Waals surface area contributed by atoms with Gasteiger partial charge in [0, 0.05) is 19.8 Å². The van der Waals surface area contributed by atoms with Gasteiger partial charge in [0.1, 0.15) is 0 Å². The molecular formula is C16H20FNO5. The lowest BCUT2D eigenvalue weighted by Crippen LogP contribution is -2.46. The molecule has 1 aromatic rings. The zero-order valence-electron chi connectivity index (χ0n) is 12.9. The Bertz CT molecular complexity index is 584. The molecule has 0 radical (unpaired) electrons. The number of carbonyl (C=O) groups excluding carboxylic acids is 1. The van der Waals surface area contributed by atoms with E-state index in [1.165, 1.54) is 18.2 Å². The fourth-order valence-electron chi connectivity index (χ4n) is 2.55. The molecule has 23 heavy (non-hydrogen) atoms. The number of para-hydroxylation sites is 1. The molecular weight excluding hydrogens is 305 g/mol. The predicted octanol–water partition coefficient (Wildman–Crippen LogP) is 1.84. The fourth-order valence-corrected chi connectivity index (χ4v) is 2.55. The normalized spacial score (nSPS) is 16.6. The first-order valence-corrected chi connectivity index (χ1v) is 7.51. The SMILES string of the molecule is CCOc1c(F)cccc1C(=O)NCC1(C(=O)O)CCOCC1. The third-order valence-electron chi connectivity index (χ3n) is 3.99. The van der Waals surface area contributed by atoms with Gasteiger partial charge in [0.2, 0.25) is 0 Å². The van der Waals surface area contributed by atoms with Gasteiger partial charge in [-0.1, -0.05) is 6.07 Å². The van der Waals surface area contributed by atoms with Gasteiger partial charge in [-0.05, 0) is 31.9 Å². The van der Waals surface area contributed by atoms with Gasteiger partial charge >= 0.3 is 5.97 Å². The van der Waals surface area contributed by atoms with Crippen LogP contribution < -0.4 is 10.1 Å². The van der Waals surface area contributed by atoms with Crippen molar-refractivity contribution in [3.05, 3.63) is 29.6 Å². The van der Waals surface area contributed by atoms with Gasteiger partial charge in [-0.15, -0.1) is 0 Å². The van der Waals surface area contributed by atoms with E-state index in [4.69, 9.17) is 9.47 Å². The van der Waals surface area contributed by atoms with Crippen LogP contribution in [0.25, 0.3) is 0 Å². The summed E-state index contributed by atoms with van der Waals surface area (Å²) in [5.74, 6) is -2.27. The number of nitrogens with one attached hydrogen (secondary N) is 1. The molecule has 0 bridgehead atoms. The summed E-state index contributed by atoms with van der Waals surface area (Å²) >= 11 is 0. The molecule has 7 heteroatoms. The number of ether oxygens (including phenoxy) is 2. The summed E-state index contributed by atoms with van der Waals surface area (Å²) < 4.78 is 24.1. The van der Waals surface area contributed by atoms with Crippen LogP contribution in [0.5, 0.6) is 5.75 Å². The fraction of sp³-hybridized carbons (Fsp3) is 0.500. The van der Waals surface area contributed by atoms with E-state index in [2.05, 4.69) is 5.32 Å². The Labute approximate surface area is 133 Å². The molecule has 0 aromatic heterocycles. The second kappa shape index (κ2) is 7.41. The maximum Gasteiger partial charge on any atom is 0.311 e. The molecule has 1 aliphatic rings. The quantitative estimate of drug-likeness (QED) is 0.833. The summed E-state index contributed by atoms with van der Waals surface area (Å²) in [5.41, 5.74) is -0.994. The van der Waals surface area contributed by atoms with E-state index in [-0.39, 0.29) is 24.5 Å². The van der Waals surface area contributed by atoms with Crippen LogP contribution in [0.15, 0.2) is 18.2 Å². The minimum absolute atomic E-state index is 0.0351. The van der Waals surface area contributed by atoms with Crippen molar-refractivity contribution in [1.82, 2.24) is 5.32 Å². The smallest absolute Gasteiger partial charge is 0.311 e. The molecule has 6 nitrogen and oxygen atoms in total. The van der Waals surface area contributed by atoms with Gasteiger partial charge in [0.15, 0.2) is 11.6 Å². The van der Waals surface area contributed by atoms with Crippen molar-refractivity contribution in [3.8, 4) is 5.75 Å². The molecule has 1 fully saturated rings. The Morgan fingerprint density at radius 3 is 2.70 bits per heavy atom. The molecule has 1 saturated heterocycles. The van der Waals surface area contributed by atoms with Crippen LogP contribution in [0.3, 0.4) is 0 Å². The van der Waals surface area contributed by atoms with Gasteiger partial charge in [-0.2, -0.15) is 0 Å². The lowest BCUT2D eigenvalue weighted by atomic mass is 9.80.